The molecular formula is C12H12O4. The lowest BCUT2D eigenvalue weighted by atomic mass is 10.1. The lowest BCUT2D eigenvalue weighted by molar-refractivity contribution is 0.0696. The maximum absolute atomic E-state index is 10.9. The molecule has 0 bridgehead atoms. The zero-order chi connectivity index (χ0) is 11.7. The third-order valence-corrected chi connectivity index (χ3v) is 2.27. The van der Waals surface area contributed by atoms with Gasteiger partial charge in [0.25, 0.3) is 0 Å². The Labute approximate surface area is 92.4 Å². The molecule has 0 spiro atoms. The summed E-state index contributed by atoms with van der Waals surface area (Å²) in [5.41, 5.74) is 0.714. The van der Waals surface area contributed by atoms with E-state index < -0.39 is 5.97 Å². The Morgan fingerprint density at radius 3 is 2.81 bits per heavy atom. The second-order valence-electron chi connectivity index (χ2n) is 3.48. The van der Waals surface area contributed by atoms with Crippen LogP contribution in [0.3, 0.4) is 0 Å². The van der Waals surface area contributed by atoms with Gasteiger partial charge in [-0.05, 0) is 32.0 Å². The summed E-state index contributed by atoms with van der Waals surface area (Å²) in [6, 6.07) is 4.86. The van der Waals surface area contributed by atoms with Crippen molar-refractivity contribution in [3.63, 3.8) is 0 Å². The first-order chi connectivity index (χ1) is 7.61. The molecule has 0 radical (unpaired) electrons. The number of hydrogen-bond donors (Lipinski definition) is 1. The van der Waals surface area contributed by atoms with E-state index in [0.717, 1.165) is 11.1 Å². The van der Waals surface area contributed by atoms with Crippen LogP contribution in [0.5, 0.6) is 5.75 Å². The van der Waals surface area contributed by atoms with E-state index in [0.29, 0.717) is 17.9 Å². The molecule has 1 N–H and O–H groups in total. The topological polar surface area (TPSA) is 59.7 Å². The Morgan fingerprint density at radius 2 is 2.19 bits per heavy atom. The molecule has 1 aromatic carbocycles. The molecule has 84 valence electrons. The molecule has 0 saturated heterocycles. The van der Waals surface area contributed by atoms with Crippen molar-refractivity contribution < 1.29 is 19.1 Å². The third kappa shape index (κ3) is 1.74. The number of hydrogen-bond acceptors (Lipinski definition) is 3. The summed E-state index contributed by atoms with van der Waals surface area (Å²) < 4.78 is 10.8. The largest absolute Gasteiger partial charge is 0.493 e. The van der Waals surface area contributed by atoms with Crippen molar-refractivity contribution in [1.82, 2.24) is 0 Å². The Balaban J connectivity index is 2.67. The van der Waals surface area contributed by atoms with Gasteiger partial charge < -0.3 is 14.3 Å². The number of furan rings is 1. The zero-order valence-corrected chi connectivity index (χ0v) is 9.11. The number of rotatable bonds is 3. The number of benzene rings is 1. The molecule has 2 rings (SSSR count). The predicted octanol–water partition coefficient (Wildman–Crippen LogP) is 2.84. The summed E-state index contributed by atoms with van der Waals surface area (Å²) in [6.45, 7) is 4.16. The maximum atomic E-state index is 10.9. The minimum atomic E-state index is -0.989. The molecule has 16 heavy (non-hydrogen) atoms. The highest BCUT2D eigenvalue weighted by molar-refractivity contribution is 5.95. The summed E-state index contributed by atoms with van der Waals surface area (Å²) >= 11 is 0. The highest BCUT2D eigenvalue weighted by Crippen LogP contribution is 2.30. The molecule has 0 fully saturated rings. The summed E-state index contributed by atoms with van der Waals surface area (Å²) in [5.74, 6) is 0.296. The van der Waals surface area contributed by atoms with E-state index in [1.54, 1.807) is 0 Å². The van der Waals surface area contributed by atoms with Gasteiger partial charge in [-0.15, -0.1) is 0 Å². The SMILES string of the molecule is CCOc1cc(C(=O)O)cc2oc(C)cc12. The fourth-order valence-electron chi connectivity index (χ4n) is 1.63. The van der Waals surface area contributed by atoms with Gasteiger partial charge in [-0.25, -0.2) is 4.79 Å². The van der Waals surface area contributed by atoms with Crippen molar-refractivity contribution in [2.24, 2.45) is 0 Å². The van der Waals surface area contributed by atoms with Gasteiger partial charge in [0.05, 0.1) is 17.6 Å². The lowest BCUT2D eigenvalue weighted by Gasteiger charge is -2.05. The Hall–Kier alpha value is -1.97. The van der Waals surface area contributed by atoms with Crippen LogP contribution in [0.2, 0.25) is 0 Å². The number of carbonyl (C=O) groups is 1. The van der Waals surface area contributed by atoms with Crippen LogP contribution in [0.25, 0.3) is 11.0 Å². The molecule has 0 aliphatic heterocycles. The number of ether oxygens (including phenoxy) is 1. The van der Waals surface area contributed by atoms with Gasteiger partial charge in [-0.3, -0.25) is 0 Å². The van der Waals surface area contributed by atoms with Gasteiger partial charge in [-0.1, -0.05) is 0 Å². The first-order valence-corrected chi connectivity index (χ1v) is 5.02. The highest BCUT2D eigenvalue weighted by atomic mass is 16.5. The predicted molar refractivity (Wildman–Crippen MR) is 59.1 cm³/mol. The second kappa shape index (κ2) is 3.89. The van der Waals surface area contributed by atoms with Crippen molar-refractivity contribution in [3.05, 3.63) is 29.5 Å². The first kappa shape index (κ1) is 10.5. The zero-order valence-electron chi connectivity index (χ0n) is 9.11. The highest BCUT2D eigenvalue weighted by Gasteiger charge is 2.12. The maximum Gasteiger partial charge on any atom is 0.335 e. The number of fused-ring (bicyclic) bond motifs is 1. The van der Waals surface area contributed by atoms with Crippen LogP contribution in [0.15, 0.2) is 22.6 Å². The van der Waals surface area contributed by atoms with Gasteiger partial charge in [0.2, 0.25) is 0 Å². The Kier molecular flexibility index (Phi) is 2.56. The van der Waals surface area contributed by atoms with Gasteiger partial charge in [-0.2, -0.15) is 0 Å². The molecule has 0 atom stereocenters. The standard InChI is InChI=1S/C12H12O4/c1-3-15-10-5-8(12(13)14)6-11-9(10)4-7(2)16-11/h4-6H,3H2,1-2H3,(H,13,14). The molecule has 0 saturated carbocycles. The van der Waals surface area contributed by atoms with Crippen LogP contribution in [0.1, 0.15) is 23.0 Å². The third-order valence-electron chi connectivity index (χ3n) is 2.27. The summed E-state index contributed by atoms with van der Waals surface area (Å²) in [4.78, 5) is 10.9. The molecule has 4 heteroatoms. The van der Waals surface area contributed by atoms with E-state index in [-0.39, 0.29) is 5.56 Å². The van der Waals surface area contributed by atoms with E-state index in [1.807, 2.05) is 19.9 Å². The quantitative estimate of drug-likeness (QED) is 0.863. The van der Waals surface area contributed by atoms with Crippen LogP contribution in [-0.2, 0) is 0 Å². The number of aryl methyl sites for hydroxylation is 1. The van der Waals surface area contributed by atoms with Crippen molar-refractivity contribution in [3.8, 4) is 5.75 Å². The average molecular weight is 220 g/mol. The van der Waals surface area contributed by atoms with Crippen molar-refractivity contribution in [1.29, 1.82) is 0 Å². The normalized spacial score (nSPS) is 10.6. The van der Waals surface area contributed by atoms with E-state index in [9.17, 15) is 4.79 Å². The fourth-order valence-corrected chi connectivity index (χ4v) is 1.63. The van der Waals surface area contributed by atoms with E-state index in [2.05, 4.69) is 0 Å². The van der Waals surface area contributed by atoms with Gasteiger partial charge in [0.1, 0.15) is 17.1 Å². The smallest absolute Gasteiger partial charge is 0.335 e. The molecule has 0 aliphatic carbocycles. The molecule has 1 heterocycles. The minimum Gasteiger partial charge on any atom is -0.493 e. The summed E-state index contributed by atoms with van der Waals surface area (Å²) in [5, 5.41) is 9.76. The van der Waals surface area contributed by atoms with Crippen molar-refractivity contribution in [2.45, 2.75) is 13.8 Å². The van der Waals surface area contributed by atoms with Crippen LogP contribution in [0.4, 0.5) is 0 Å². The summed E-state index contributed by atoms with van der Waals surface area (Å²) in [7, 11) is 0. The molecule has 0 unspecified atom stereocenters. The summed E-state index contributed by atoms with van der Waals surface area (Å²) in [6.07, 6.45) is 0. The number of carboxylic acids is 1. The molecule has 0 amide bonds. The second-order valence-corrected chi connectivity index (χ2v) is 3.48. The lowest BCUT2D eigenvalue weighted by Crippen LogP contribution is -1.98. The van der Waals surface area contributed by atoms with Crippen LogP contribution in [-0.4, -0.2) is 17.7 Å². The monoisotopic (exact) mass is 220 g/mol. The molecule has 4 nitrogen and oxygen atoms in total. The molecule has 0 aliphatic rings. The molecular weight excluding hydrogens is 208 g/mol. The van der Waals surface area contributed by atoms with Crippen LogP contribution in [0, 0.1) is 6.92 Å². The average Bonchev–Trinajstić information content (AvgIpc) is 2.58. The van der Waals surface area contributed by atoms with Crippen LogP contribution < -0.4 is 4.74 Å². The van der Waals surface area contributed by atoms with Gasteiger partial charge >= 0.3 is 5.97 Å². The van der Waals surface area contributed by atoms with E-state index in [4.69, 9.17) is 14.3 Å². The Morgan fingerprint density at radius 1 is 1.44 bits per heavy atom. The fraction of sp³-hybridized carbons (Fsp3) is 0.250. The molecule has 1 aromatic heterocycles. The van der Waals surface area contributed by atoms with Gasteiger partial charge in [0, 0.05) is 0 Å². The molecule has 2 aromatic rings. The van der Waals surface area contributed by atoms with E-state index in [1.165, 1.54) is 12.1 Å². The van der Waals surface area contributed by atoms with Crippen molar-refractivity contribution in [2.75, 3.05) is 6.61 Å². The van der Waals surface area contributed by atoms with Crippen molar-refractivity contribution >= 4 is 16.9 Å². The number of aromatic carboxylic acids is 1. The van der Waals surface area contributed by atoms with Gasteiger partial charge in [0.15, 0.2) is 0 Å². The first-order valence-electron chi connectivity index (χ1n) is 5.02. The number of carboxylic acid groups (broad SMARTS) is 1. The Bertz CT molecular complexity index is 539. The van der Waals surface area contributed by atoms with E-state index >= 15 is 0 Å². The minimum absolute atomic E-state index is 0.172. The van der Waals surface area contributed by atoms with Crippen LogP contribution >= 0.6 is 0 Å².